The molecule has 1 unspecified atom stereocenters. The van der Waals surface area contributed by atoms with Gasteiger partial charge in [0.05, 0.1) is 4.92 Å². The van der Waals surface area contributed by atoms with E-state index in [9.17, 15) is 14.9 Å². The van der Waals surface area contributed by atoms with Crippen LogP contribution in [0.3, 0.4) is 0 Å². The molecule has 1 aromatic carbocycles. The highest BCUT2D eigenvalue weighted by Crippen LogP contribution is 2.29. The Kier molecular flexibility index (Phi) is 2.85. The van der Waals surface area contributed by atoms with Crippen LogP contribution in [0, 0.1) is 10.1 Å². The number of nitro benzene ring substituents is 1. The molecule has 1 fully saturated rings. The highest BCUT2D eigenvalue weighted by Gasteiger charge is 2.26. The van der Waals surface area contributed by atoms with Crippen LogP contribution in [0.1, 0.15) is 19.3 Å². The number of hydrogen-bond donors (Lipinski definition) is 0. The molecule has 1 aliphatic carbocycles. The third-order valence-corrected chi connectivity index (χ3v) is 2.56. The molecule has 1 atom stereocenters. The SMILES string of the molecule is O=C1CCC(Oc2ccccc2[N+](=O)[O-])C1. The monoisotopic (exact) mass is 221 g/mol. The van der Waals surface area contributed by atoms with Crippen LogP contribution >= 0.6 is 0 Å². The molecule has 1 aromatic rings. The van der Waals surface area contributed by atoms with E-state index in [-0.39, 0.29) is 23.3 Å². The van der Waals surface area contributed by atoms with Crippen LogP contribution in [0.2, 0.25) is 0 Å². The van der Waals surface area contributed by atoms with Gasteiger partial charge in [0.2, 0.25) is 0 Å². The molecule has 0 N–H and O–H groups in total. The van der Waals surface area contributed by atoms with Crippen molar-refractivity contribution >= 4 is 11.5 Å². The number of nitrogens with zero attached hydrogens (tertiary/aromatic N) is 1. The van der Waals surface area contributed by atoms with Gasteiger partial charge in [-0.05, 0) is 12.5 Å². The molecule has 1 saturated carbocycles. The van der Waals surface area contributed by atoms with Crippen molar-refractivity contribution in [2.75, 3.05) is 0 Å². The fourth-order valence-electron chi connectivity index (χ4n) is 1.77. The number of benzene rings is 1. The van der Waals surface area contributed by atoms with Crippen molar-refractivity contribution in [3.8, 4) is 5.75 Å². The van der Waals surface area contributed by atoms with Crippen molar-refractivity contribution in [3.63, 3.8) is 0 Å². The van der Waals surface area contributed by atoms with Crippen molar-refractivity contribution in [1.29, 1.82) is 0 Å². The summed E-state index contributed by atoms with van der Waals surface area (Å²) in [5.41, 5.74) is -0.0538. The third kappa shape index (κ3) is 2.18. The second kappa shape index (κ2) is 4.30. The van der Waals surface area contributed by atoms with Crippen LogP contribution in [-0.2, 0) is 4.79 Å². The summed E-state index contributed by atoms with van der Waals surface area (Å²) in [6.45, 7) is 0. The number of nitro groups is 1. The van der Waals surface area contributed by atoms with Crippen molar-refractivity contribution < 1.29 is 14.5 Å². The minimum Gasteiger partial charge on any atom is -0.483 e. The van der Waals surface area contributed by atoms with Gasteiger partial charge in [0.1, 0.15) is 11.9 Å². The molecule has 1 aliphatic rings. The molecule has 0 spiro atoms. The molecule has 0 radical (unpaired) electrons. The fraction of sp³-hybridized carbons (Fsp3) is 0.364. The van der Waals surface area contributed by atoms with Crippen LogP contribution in [0.15, 0.2) is 24.3 Å². The van der Waals surface area contributed by atoms with Gasteiger partial charge in [-0.1, -0.05) is 12.1 Å². The molecule has 0 aliphatic heterocycles. The lowest BCUT2D eigenvalue weighted by Gasteiger charge is -2.11. The maximum Gasteiger partial charge on any atom is 0.310 e. The molecule has 0 bridgehead atoms. The van der Waals surface area contributed by atoms with Crippen LogP contribution in [-0.4, -0.2) is 16.8 Å². The van der Waals surface area contributed by atoms with Crippen molar-refractivity contribution in [2.45, 2.75) is 25.4 Å². The summed E-state index contributed by atoms with van der Waals surface area (Å²) in [4.78, 5) is 21.3. The number of hydrogen-bond acceptors (Lipinski definition) is 4. The summed E-state index contributed by atoms with van der Waals surface area (Å²) < 4.78 is 5.48. The van der Waals surface area contributed by atoms with Crippen LogP contribution < -0.4 is 4.74 Å². The first-order chi connectivity index (χ1) is 7.66. The Balaban J connectivity index is 2.14. The molecule has 0 saturated heterocycles. The largest absolute Gasteiger partial charge is 0.483 e. The van der Waals surface area contributed by atoms with E-state index in [1.165, 1.54) is 6.07 Å². The average Bonchev–Trinajstić information content (AvgIpc) is 2.64. The van der Waals surface area contributed by atoms with Gasteiger partial charge in [0.15, 0.2) is 5.75 Å². The highest BCUT2D eigenvalue weighted by atomic mass is 16.6. The molecule has 0 amide bonds. The van der Waals surface area contributed by atoms with Gasteiger partial charge in [-0.3, -0.25) is 14.9 Å². The molecular weight excluding hydrogens is 210 g/mol. The van der Waals surface area contributed by atoms with Gasteiger partial charge < -0.3 is 4.74 Å². The highest BCUT2D eigenvalue weighted by molar-refractivity contribution is 5.81. The topological polar surface area (TPSA) is 69.4 Å². The van der Waals surface area contributed by atoms with Crippen molar-refractivity contribution in [3.05, 3.63) is 34.4 Å². The van der Waals surface area contributed by atoms with E-state index in [1.54, 1.807) is 18.2 Å². The van der Waals surface area contributed by atoms with Gasteiger partial charge in [-0.15, -0.1) is 0 Å². The van der Waals surface area contributed by atoms with E-state index in [0.717, 1.165) is 0 Å². The Labute approximate surface area is 92.2 Å². The predicted molar refractivity (Wildman–Crippen MR) is 56.4 cm³/mol. The molecule has 0 aromatic heterocycles. The molecule has 16 heavy (non-hydrogen) atoms. The van der Waals surface area contributed by atoms with E-state index >= 15 is 0 Å². The number of para-hydroxylation sites is 2. The van der Waals surface area contributed by atoms with E-state index < -0.39 is 4.92 Å². The van der Waals surface area contributed by atoms with Gasteiger partial charge in [-0.25, -0.2) is 0 Å². The Bertz CT molecular complexity index is 430. The van der Waals surface area contributed by atoms with E-state index in [0.29, 0.717) is 19.3 Å². The molecule has 2 rings (SSSR count). The summed E-state index contributed by atoms with van der Waals surface area (Å²) in [5, 5.41) is 10.7. The van der Waals surface area contributed by atoms with Crippen LogP contribution in [0.25, 0.3) is 0 Å². The number of carbonyl (C=O) groups excluding carboxylic acids is 1. The Hall–Kier alpha value is -1.91. The Morgan fingerprint density at radius 2 is 2.12 bits per heavy atom. The summed E-state index contributed by atoms with van der Waals surface area (Å²) in [6, 6.07) is 6.22. The molecule has 5 heteroatoms. The number of rotatable bonds is 3. The zero-order chi connectivity index (χ0) is 11.5. The lowest BCUT2D eigenvalue weighted by atomic mass is 10.2. The van der Waals surface area contributed by atoms with E-state index in [1.807, 2.05) is 0 Å². The summed E-state index contributed by atoms with van der Waals surface area (Å²) >= 11 is 0. The average molecular weight is 221 g/mol. The minimum atomic E-state index is -0.480. The zero-order valence-corrected chi connectivity index (χ0v) is 8.59. The standard InChI is InChI=1S/C11H11NO4/c13-8-5-6-9(7-8)16-11-4-2-1-3-10(11)12(14)15/h1-4,9H,5-7H2. The van der Waals surface area contributed by atoms with Crippen LogP contribution in [0.5, 0.6) is 5.75 Å². The molecule has 0 heterocycles. The van der Waals surface area contributed by atoms with Gasteiger partial charge in [-0.2, -0.15) is 0 Å². The number of ketones is 1. The summed E-state index contributed by atoms with van der Waals surface area (Å²) in [7, 11) is 0. The number of ether oxygens (including phenoxy) is 1. The maximum absolute atomic E-state index is 11.0. The van der Waals surface area contributed by atoms with Crippen molar-refractivity contribution in [1.82, 2.24) is 0 Å². The number of carbonyl (C=O) groups is 1. The van der Waals surface area contributed by atoms with Gasteiger partial charge in [0.25, 0.3) is 0 Å². The summed E-state index contributed by atoms with van der Waals surface area (Å²) in [5.74, 6) is 0.399. The Morgan fingerprint density at radius 1 is 1.38 bits per heavy atom. The zero-order valence-electron chi connectivity index (χ0n) is 8.59. The number of Topliss-reactive ketones (excluding diaryl/α,β-unsaturated/α-hetero) is 1. The predicted octanol–water partition coefficient (Wildman–Crippen LogP) is 2.10. The van der Waals surface area contributed by atoms with E-state index in [4.69, 9.17) is 4.74 Å². The van der Waals surface area contributed by atoms with Gasteiger partial charge in [0, 0.05) is 18.9 Å². The first-order valence-electron chi connectivity index (χ1n) is 5.08. The summed E-state index contributed by atoms with van der Waals surface area (Å²) in [6.07, 6.45) is 1.29. The fourth-order valence-corrected chi connectivity index (χ4v) is 1.77. The lowest BCUT2D eigenvalue weighted by Crippen LogP contribution is -2.13. The van der Waals surface area contributed by atoms with Crippen LogP contribution in [0.4, 0.5) is 5.69 Å². The van der Waals surface area contributed by atoms with Gasteiger partial charge >= 0.3 is 5.69 Å². The quantitative estimate of drug-likeness (QED) is 0.578. The van der Waals surface area contributed by atoms with E-state index in [2.05, 4.69) is 0 Å². The second-order valence-corrected chi connectivity index (χ2v) is 3.75. The minimum absolute atomic E-state index is 0.0538. The third-order valence-electron chi connectivity index (χ3n) is 2.56. The first kappa shape index (κ1) is 10.6. The second-order valence-electron chi connectivity index (χ2n) is 3.75. The molecule has 84 valence electrons. The molecular formula is C11H11NO4. The first-order valence-corrected chi connectivity index (χ1v) is 5.08. The van der Waals surface area contributed by atoms with Crippen molar-refractivity contribution in [2.24, 2.45) is 0 Å². The lowest BCUT2D eigenvalue weighted by molar-refractivity contribution is -0.386. The maximum atomic E-state index is 11.0. The normalized spacial score (nSPS) is 19.8. The Morgan fingerprint density at radius 3 is 2.75 bits per heavy atom. The molecule has 5 nitrogen and oxygen atoms in total. The smallest absolute Gasteiger partial charge is 0.310 e.